The van der Waals surface area contributed by atoms with Crippen molar-refractivity contribution in [1.29, 1.82) is 0 Å². The van der Waals surface area contributed by atoms with Gasteiger partial charge in [0.25, 0.3) is 5.91 Å². The second kappa shape index (κ2) is 9.36. The Morgan fingerprint density at radius 2 is 1.92 bits per heavy atom. The van der Waals surface area contributed by atoms with Crippen LogP contribution in [0.15, 0.2) is 4.99 Å². The van der Waals surface area contributed by atoms with Crippen LogP contribution in [0.4, 0.5) is 0 Å². The first kappa shape index (κ1) is 20.7. The zero-order valence-corrected chi connectivity index (χ0v) is 17.7. The average molecular weight is 466 g/mol. The summed E-state index contributed by atoms with van der Waals surface area (Å²) in [5.41, 5.74) is 0.179. The van der Waals surface area contributed by atoms with Crippen LogP contribution in [0.3, 0.4) is 0 Å². The van der Waals surface area contributed by atoms with E-state index in [0.717, 1.165) is 77.9 Å². The molecule has 3 aliphatic rings. The van der Waals surface area contributed by atoms with Gasteiger partial charge in [0.2, 0.25) is 0 Å². The molecule has 3 rings (SSSR count). The van der Waals surface area contributed by atoms with Crippen molar-refractivity contribution in [3.8, 4) is 0 Å². The number of halogens is 1. The highest BCUT2D eigenvalue weighted by molar-refractivity contribution is 14.0. The van der Waals surface area contributed by atoms with Crippen LogP contribution in [0.1, 0.15) is 26.7 Å². The molecule has 3 saturated heterocycles. The van der Waals surface area contributed by atoms with Crippen LogP contribution in [0, 0.1) is 5.41 Å². The maximum Gasteiger partial charge on any atom is 0.251 e. The van der Waals surface area contributed by atoms with E-state index in [1.807, 2.05) is 4.90 Å². The summed E-state index contributed by atoms with van der Waals surface area (Å²) < 4.78 is 10.8. The van der Waals surface area contributed by atoms with Crippen LogP contribution in [0.5, 0.6) is 0 Å². The Morgan fingerprint density at radius 1 is 1.24 bits per heavy atom. The van der Waals surface area contributed by atoms with Gasteiger partial charge in [-0.1, -0.05) is 6.92 Å². The number of piperazine rings is 1. The molecule has 0 aromatic rings. The molecular weight excluding hydrogens is 435 g/mol. The molecular formula is C17H31IN4O3. The third-order valence-electron chi connectivity index (χ3n) is 4.94. The third-order valence-corrected chi connectivity index (χ3v) is 4.94. The Bertz CT molecular complexity index is 471. The summed E-state index contributed by atoms with van der Waals surface area (Å²) in [5.74, 6) is 1.11. The maximum absolute atomic E-state index is 12.4. The normalized spacial score (nSPS) is 26.0. The number of ether oxygens (including phenoxy) is 2. The molecule has 8 heteroatoms. The summed E-state index contributed by atoms with van der Waals surface area (Å²) in [6.07, 6.45) is 1.65. The Hall–Kier alpha value is -0.610. The average Bonchev–Trinajstić information content (AvgIpc) is 3.11. The lowest BCUT2D eigenvalue weighted by atomic mass is 9.89. The Labute approximate surface area is 167 Å². The molecule has 1 atom stereocenters. The van der Waals surface area contributed by atoms with Gasteiger partial charge in [-0.25, -0.2) is 0 Å². The van der Waals surface area contributed by atoms with E-state index in [2.05, 4.69) is 24.1 Å². The third kappa shape index (κ3) is 5.19. The lowest BCUT2D eigenvalue weighted by Gasteiger charge is -2.39. The fraction of sp³-hybridized carbons (Fsp3) is 0.882. The first-order valence-electron chi connectivity index (χ1n) is 9.13. The highest BCUT2D eigenvalue weighted by Gasteiger charge is 2.34. The van der Waals surface area contributed by atoms with Gasteiger partial charge in [-0.15, -0.1) is 24.0 Å². The maximum atomic E-state index is 12.4. The van der Waals surface area contributed by atoms with Crippen LogP contribution >= 0.6 is 24.0 Å². The van der Waals surface area contributed by atoms with Gasteiger partial charge in [0.1, 0.15) is 6.10 Å². The molecule has 0 aromatic heterocycles. The quantitative estimate of drug-likeness (QED) is 0.380. The fourth-order valence-corrected chi connectivity index (χ4v) is 3.35. The number of carbonyl (C=O) groups is 1. The van der Waals surface area contributed by atoms with Gasteiger partial charge in [-0.2, -0.15) is 0 Å². The molecule has 0 bridgehead atoms. The zero-order valence-electron chi connectivity index (χ0n) is 15.3. The predicted molar refractivity (Wildman–Crippen MR) is 107 cm³/mol. The predicted octanol–water partition coefficient (Wildman–Crippen LogP) is 0.930. The molecule has 3 fully saturated rings. The molecule has 25 heavy (non-hydrogen) atoms. The van der Waals surface area contributed by atoms with Gasteiger partial charge in [0, 0.05) is 44.7 Å². The number of guanidine groups is 1. The minimum atomic E-state index is -0.211. The summed E-state index contributed by atoms with van der Waals surface area (Å²) in [5, 5.41) is 3.38. The van der Waals surface area contributed by atoms with E-state index >= 15 is 0 Å². The van der Waals surface area contributed by atoms with Crippen LogP contribution in [-0.2, 0) is 14.3 Å². The molecule has 3 aliphatic heterocycles. The minimum absolute atomic E-state index is 0. The van der Waals surface area contributed by atoms with E-state index in [0.29, 0.717) is 0 Å². The second-order valence-corrected chi connectivity index (χ2v) is 7.29. The van der Waals surface area contributed by atoms with E-state index in [-0.39, 0.29) is 41.4 Å². The van der Waals surface area contributed by atoms with Crippen molar-refractivity contribution in [2.75, 3.05) is 59.1 Å². The van der Waals surface area contributed by atoms with Crippen molar-refractivity contribution in [1.82, 2.24) is 15.1 Å². The van der Waals surface area contributed by atoms with Crippen LogP contribution in [0.25, 0.3) is 0 Å². The number of nitrogens with zero attached hydrogens (tertiary/aromatic N) is 3. The first-order valence-corrected chi connectivity index (χ1v) is 9.13. The highest BCUT2D eigenvalue weighted by Crippen LogP contribution is 2.26. The fourth-order valence-electron chi connectivity index (χ4n) is 3.35. The van der Waals surface area contributed by atoms with Crippen molar-refractivity contribution < 1.29 is 14.3 Å². The summed E-state index contributed by atoms with van der Waals surface area (Å²) >= 11 is 0. The Balaban J connectivity index is 0.00000225. The smallest absolute Gasteiger partial charge is 0.251 e. The van der Waals surface area contributed by atoms with Gasteiger partial charge >= 0.3 is 0 Å². The van der Waals surface area contributed by atoms with Gasteiger partial charge in [-0.05, 0) is 19.8 Å². The lowest BCUT2D eigenvalue weighted by Crippen LogP contribution is -2.55. The Kier molecular flexibility index (Phi) is 7.75. The van der Waals surface area contributed by atoms with E-state index in [1.54, 1.807) is 0 Å². The SMILES string of the molecule is CCNC(=NCC1(C)COC1)N1CCN(C(=O)C2CCCO2)CC1.I. The number of carbonyl (C=O) groups excluding carboxylic acids is 1. The molecule has 0 aromatic carbocycles. The number of rotatable bonds is 4. The number of aliphatic imine (C=N–C) groups is 1. The molecule has 3 heterocycles. The lowest BCUT2D eigenvalue weighted by molar-refractivity contribution is -0.142. The molecule has 1 N–H and O–H groups in total. The highest BCUT2D eigenvalue weighted by atomic mass is 127. The van der Waals surface area contributed by atoms with Crippen molar-refractivity contribution in [3.05, 3.63) is 0 Å². The molecule has 144 valence electrons. The molecule has 0 aliphatic carbocycles. The van der Waals surface area contributed by atoms with Gasteiger partial charge < -0.3 is 24.6 Å². The van der Waals surface area contributed by atoms with Crippen molar-refractivity contribution in [3.63, 3.8) is 0 Å². The largest absolute Gasteiger partial charge is 0.380 e. The molecule has 1 amide bonds. The topological polar surface area (TPSA) is 66.4 Å². The number of amides is 1. The molecule has 0 radical (unpaired) electrons. The van der Waals surface area contributed by atoms with E-state index in [1.165, 1.54) is 0 Å². The van der Waals surface area contributed by atoms with Gasteiger partial charge in [-0.3, -0.25) is 9.79 Å². The number of hydrogen-bond acceptors (Lipinski definition) is 4. The summed E-state index contributed by atoms with van der Waals surface area (Å²) in [7, 11) is 0. The second-order valence-electron chi connectivity index (χ2n) is 7.29. The summed E-state index contributed by atoms with van der Waals surface area (Å²) in [4.78, 5) is 21.4. The molecule has 0 saturated carbocycles. The number of hydrogen-bond donors (Lipinski definition) is 1. The summed E-state index contributed by atoms with van der Waals surface area (Å²) in [6.45, 7) is 11.3. The van der Waals surface area contributed by atoms with E-state index < -0.39 is 0 Å². The molecule has 7 nitrogen and oxygen atoms in total. The van der Waals surface area contributed by atoms with Crippen LogP contribution < -0.4 is 5.32 Å². The standard InChI is InChI=1S/C17H30N4O3.HI/c1-3-18-16(19-11-17(2)12-23-13-17)21-8-6-20(7-9-21)15(22)14-5-4-10-24-14;/h14H,3-13H2,1-2H3,(H,18,19);1H. The zero-order chi connectivity index (χ0) is 17.0. The van der Waals surface area contributed by atoms with Gasteiger partial charge in [0.05, 0.1) is 19.8 Å². The molecule has 0 spiro atoms. The monoisotopic (exact) mass is 466 g/mol. The first-order chi connectivity index (χ1) is 11.6. The van der Waals surface area contributed by atoms with Crippen LogP contribution in [0.2, 0.25) is 0 Å². The molecule has 1 unspecified atom stereocenters. The van der Waals surface area contributed by atoms with Crippen molar-refractivity contribution >= 4 is 35.8 Å². The van der Waals surface area contributed by atoms with Gasteiger partial charge in [0.15, 0.2) is 5.96 Å². The Morgan fingerprint density at radius 3 is 2.44 bits per heavy atom. The van der Waals surface area contributed by atoms with E-state index in [4.69, 9.17) is 14.5 Å². The minimum Gasteiger partial charge on any atom is -0.380 e. The van der Waals surface area contributed by atoms with Crippen molar-refractivity contribution in [2.45, 2.75) is 32.8 Å². The van der Waals surface area contributed by atoms with Crippen LogP contribution in [-0.4, -0.2) is 86.9 Å². The summed E-state index contributed by atoms with van der Waals surface area (Å²) in [6, 6.07) is 0. The van der Waals surface area contributed by atoms with Crippen molar-refractivity contribution in [2.24, 2.45) is 10.4 Å². The number of nitrogens with one attached hydrogen (secondary N) is 1. The van der Waals surface area contributed by atoms with E-state index in [9.17, 15) is 4.79 Å².